The SMILES string of the molecule is CC(Sc1nnc(N)s1)C(C)(C)O. The molecule has 1 aromatic heterocycles. The van der Waals surface area contributed by atoms with Crippen LogP contribution < -0.4 is 5.73 Å². The number of aliphatic hydroxyl groups is 1. The van der Waals surface area contributed by atoms with Crippen LogP contribution in [0.2, 0.25) is 0 Å². The smallest absolute Gasteiger partial charge is 0.203 e. The van der Waals surface area contributed by atoms with Crippen LogP contribution in [0.1, 0.15) is 20.8 Å². The van der Waals surface area contributed by atoms with Crippen LogP contribution in [0.5, 0.6) is 0 Å². The molecule has 0 fully saturated rings. The first-order chi connectivity index (χ1) is 5.89. The summed E-state index contributed by atoms with van der Waals surface area (Å²) in [5, 5.41) is 17.8. The van der Waals surface area contributed by atoms with Gasteiger partial charge in [0.2, 0.25) is 5.13 Å². The van der Waals surface area contributed by atoms with E-state index in [0.717, 1.165) is 4.34 Å². The van der Waals surface area contributed by atoms with Gasteiger partial charge in [0.1, 0.15) is 0 Å². The molecule has 4 nitrogen and oxygen atoms in total. The molecule has 0 aliphatic carbocycles. The molecule has 1 atom stereocenters. The molecule has 1 aromatic rings. The van der Waals surface area contributed by atoms with Crippen molar-refractivity contribution in [3.8, 4) is 0 Å². The summed E-state index contributed by atoms with van der Waals surface area (Å²) in [7, 11) is 0. The number of hydrogen-bond donors (Lipinski definition) is 2. The molecular formula is C7H13N3OS2. The molecule has 3 N–H and O–H groups in total. The molecule has 74 valence electrons. The van der Waals surface area contributed by atoms with Gasteiger partial charge < -0.3 is 10.8 Å². The Balaban J connectivity index is 2.60. The fourth-order valence-corrected chi connectivity index (χ4v) is 2.47. The highest BCUT2D eigenvalue weighted by Gasteiger charge is 2.24. The maximum atomic E-state index is 9.66. The minimum absolute atomic E-state index is 0.0693. The normalized spacial score (nSPS) is 14.5. The highest BCUT2D eigenvalue weighted by molar-refractivity contribution is 8.01. The van der Waals surface area contributed by atoms with E-state index in [1.165, 1.54) is 23.1 Å². The first-order valence-electron chi connectivity index (χ1n) is 3.87. The standard InChI is InChI=1S/C7H13N3OS2/c1-4(7(2,3)11)12-6-10-9-5(8)13-6/h4,11H,1-3H3,(H2,8,9). The lowest BCUT2D eigenvalue weighted by Gasteiger charge is -2.23. The fourth-order valence-electron chi connectivity index (χ4n) is 0.563. The number of nitrogen functional groups attached to an aromatic ring is 1. The van der Waals surface area contributed by atoms with Crippen molar-refractivity contribution in [2.75, 3.05) is 5.73 Å². The van der Waals surface area contributed by atoms with Crippen LogP contribution in [0.25, 0.3) is 0 Å². The van der Waals surface area contributed by atoms with Crippen LogP contribution >= 0.6 is 23.1 Å². The summed E-state index contributed by atoms with van der Waals surface area (Å²) in [6, 6.07) is 0. The second-order valence-corrected chi connectivity index (χ2v) is 5.92. The molecule has 1 heterocycles. The summed E-state index contributed by atoms with van der Waals surface area (Å²) in [5.41, 5.74) is 4.72. The molecule has 1 rings (SSSR count). The molecule has 0 aromatic carbocycles. The van der Waals surface area contributed by atoms with Gasteiger partial charge in [-0.3, -0.25) is 0 Å². The van der Waals surface area contributed by atoms with Crippen LogP contribution in [0.3, 0.4) is 0 Å². The third-order valence-electron chi connectivity index (χ3n) is 1.69. The summed E-state index contributed by atoms with van der Waals surface area (Å²) in [4.78, 5) is 0. The molecule has 6 heteroatoms. The Hall–Kier alpha value is -0.330. The van der Waals surface area contributed by atoms with E-state index < -0.39 is 5.60 Å². The second-order valence-electron chi connectivity index (χ2n) is 3.32. The maximum Gasteiger partial charge on any atom is 0.203 e. The van der Waals surface area contributed by atoms with Gasteiger partial charge in [0.25, 0.3) is 0 Å². The van der Waals surface area contributed by atoms with Gasteiger partial charge in [-0.25, -0.2) is 0 Å². The first-order valence-corrected chi connectivity index (χ1v) is 5.57. The van der Waals surface area contributed by atoms with Crippen molar-refractivity contribution in [3.63, 3.8) is 0 Å². The molecule has 0 aliphatic heterocycles. The van der Waals surface area contributed by atoms with E-state index in [4.69, 9.17) is 5.73 Å². The van der Waals surface area contributed by atoms with Crippen molar-refractivity contribution in [3.05, 3.63) is 0 Å². The molecule has 0 aliphatic rings. The van der Waals surface area contributed by atoms with Gasteiger partial charge in [-0.15, -0.1) is 10.2 Å². The third kappa shape index (κ3) is 3.13. The van der Waals surface area contributed by atoms with E-state index in [1.807, 2.05) is 6.92 Å². The molecule has 0 saturated heterocycles. The fraction of sp³-hybridized carbons (Fsp3) is 0.714. The highest BCUT2D eigenvalue weighted by atomic mass is 32.2. The van der Waals surface area contributed by atoms with Gasteiger partial charge in [-0.1, -0.05) is 30.0 Å². The maximum absolute atomic E-state index is 9.66. The van der Waals surface area contributed by atoms with Crippen LogP contribution in [-0.4, -0.2) is 26.2 Å². The average molecular weight is 219 g/mol. The third-order valence-corrected chi connectivity index (χ3v) is 3.99. The lowest BCUT2D eigenvalue weighted by atomic mass is 10.1. The van der Waals surface area contributed by atoms with E-state index in [0.29, 0.717) is 5.13 Å². The number of hydrogen-bond acceptors (Lipinski definition) is 6. The molecule has 0 amide bonds. The van der Waals surface area contributed by atoms with Crippen molar-refractivity contribution < 1.29 is 5.11 Å². The monoisotopic (exact) mass is 219 g/mol. The van der Waals surface area contributed by atoms with Gasteiger partial charge >= 0.3 is 0 Å². The number of rotatable bonds is 3. The minimum Gasteiger partial charge on any atom is -0.389 e. The Morgan fingerprint density at radius 1 is 1.54 bits per heavy atom. The average Bonchev–Trinajstić information content (AvgIpc) is 2.33. The van der Waals surface area contributed by atoms with Gasteiger partial charge in [0.15, 0.2) is 4.34 Å². The molecule has 0 spiro atoms. The molecule has 13 heavy (non-hydrogen) atoms. The van der Waals surface area contributed by atoms with E-state index in [2.05, 4.69) is 10.2 Å². The summed E-state index contributed by atoms with van der Waals surface area (Å²) >= 11 is 2.83. The van der Waals surface area contributed by atoms with Gasteiger partial charge in [-0.05, 0) is 13.8 Å². The number of nitrogens with zero attached hydrogens (tertiary/aromatic N) is 2. The van der Waals surface area contributed by atoms with Crippen molar-refractivity contribution >= 4 is 28.2 Å². The second kappa shape index (κ2) is 3.81. The quantitative estimate of drug-likeness (QED) is 0.751. The van der Waals surface area contributed by atoms with Crippen molar-refractivity contribution in [2.24, 2.45) is 0 Å². The van der Waals surface area contributed by atoms with E-state index >= 15 is 0 Å². The Bertz CT molecular complexity index is 282. The lowest BCUT2D eigenvalue weighted by Crippen LogP contribution is -2.30. The van der Waals surface area contributed by atoms with E-state index in [9.17, 15) is 5.11 Å². The molecular weight excluding hydrogens is 206 g/mol. The zero-order valence-corrected chi connectivity index (χ0v) is 9.45. The predicted octanol–water partition coefficient (Wildman–Crippen LogP) is 1.37. The molecule has 0 saturated carbocycles. The summed E-state index contributed by atoms with van der Waals surface area (Å²) in [5.74, 6) is 0. The van der Waals surface area contributed by atoms with Gasteiger partial charge in [0.05, 0.1) is 5.60 Å². The van der Waals surface area contributed by atoms with Crippen molar-refractivity contribution in [1.29, 1.82) is 0 Å². The highest BCUT2D eigenvalue weighted by Crippen LogP contribution is 2.32. The summed E-state index contributed by atoms with van der Waals surface area (Å²) in [6.07, 6.45) is 0. The summed E-state index contributed by atoms with van der Waals surface area (Å²) in [6.45, 7) is 5.49. The number of aromatic nitrogens is 2. The van der Waals surface area contributed by atoms with Crippen molar-refractivity contribution in [2.45, 2.75) is 36.0 Å². The van der Waals surface area contributed by atoms with Gasteiger partial charge in [0, 0.05) is 5.25 Å². The zero-order valence-electron chi connectivity index (χ0n) is 7.81. The van der Waals surface area contributed by atoms with Crippen LogP contribution in [0.4, 0.5) is 5.13 Å². The Labute approximate surface area is 85.6 Å². The topological polar surface area (TPSA) is 72.0 Å². The first kappa shape index (κ1) is 10.7. The summed E-state index contributed by atoms with van der Waals surface area (Å²) < 4.78 is 0.798. The Morgan fingerprint density at radius 3 is 2.54 bits per heavy atom. The minimum atomic E-state index is -0.717. The zero-order chi connectivity index (χ0) is 10.1. The number of anilines is 1. The van der Waals surface area contributed by atoms with E-state index in [-0.39, 0.29) is 5.25 Å². The number of nitrogens with two attached hydrogens (primary N) is 1. The van der Waals surface area contributed by atoms with Crippen LogP contribution in [0.15, 0.2) is 4.34 Å². The molecule has 0 bridgehead atoms. The largest absolute Gasteiger partial charge is 0.389 e. The predicted molar refractivity (Wildman–Crippen MR) is 55.9 cm³/mol. The van der Waals surface area contributed by atoms with Crippen molar-refractivity contribution in [1.82, 2.24) is 10.2 Å². The molecule has 1 unspecified atom stereocenters. The lowest BCUT2D eigenvalue weighted by molar-refractivity contribution is 0.0824. The van der Waals surface area contributed by atoms with E-state index in [1.54, 1.807) is 13.8 Å². The van der Waals surface area contributed by atoms with Crippen LogP contribution in [0, 0.1) is 0 Å². The van der Waals surface area contributed by atoms with Crippen LogP contribution in [-0.2, 0) is 0 Å². The number of thioether (sulfide) groups is 1. The molecule has 0 radical (unpaired) electrons. The Kier molecular flexibility index (Phi) is 3.15. The van der Waals surface area contributed by atoms with Gasteiger partial charge in [-0.2, -0.15) is 0 Å². The Morgan fingerprint density at radius 2 is 2.15 bits per heavy atom.